The second-order valence-corrected chi connectivity index (χ2v) is 6.33. The first kappa shape index (κ1) is 17.0. The molecule has 0 aliphatic rings. The van der Waals surface area contributed by atoms with E-state index in [1.165, 1.54) is 28.6 Å². The van der Waals surface area contributed by atoms with Crippen LogP contribution >= 0.6 is 11.8 Å². The number of anilines is 1. The Morgan fingerprint density at radius 2 is 1.84 bits per heavy atom. The number of aryl methyl sites for hydroxylation is 1. The van der Waals surface area contributed by atoms with Gasteiger partial charge in [0.15, 0.2) is 5.82 Å². The van der Waals surface area contributed by atoms with Gasteiger partial charge < -0.3 is 11.2 Å². The lowest BCUT2D eigenvalue weighted by Crippen LogP contribution is -2.16. The normalized spacial score (nSPS) is 10.6. The first-order valence-electron chi connectivity index (χ1n) is 7.48. The van der Waals surface area contributed by atoms with Gasteiger partial charge in [0.25, 0.3) is 0 Å². The molecule has 128 valence electrons. The molecule has 8 heteroatoms. The van der Waals surface area contributed by atoms with Crippen molar-refractivity contribution in [3.8, 4) is 11.4 Å². The lowest BCUT2D eigenvalue weighted by molar-refractivity contribution is -0.113. The zero-order chi connectivity index (χ0) is 17.8. The van der Waals surface area contributed by atoms with Crippen LogP contribution in [0, 0.1) is 12.7 Å². The molecule has 3 aromatic rings. The minimum Gasteiger partial charge on any atom is -0.335 e. The molecule has 6 nitrogen and oxygen atoms in total. The van der Waals surface area contributed by atoms with Gasteiger partial charge in [-0.3, -0.25) is 4.79 Å². The Kier molecular flexibility index (Phi) is 4.99. The van der Waals surface area contributed by atoms with Crippen molar-refractivity contribution in [2.45, 2.75) is 12.1 Å². The fraction of sp³-hybridized carbons (Fsp3) is 0.118. The lowest BCUT2D eigenvalue weighted by atomic mass is 10.2. The Bertz CT molecular complexity index is 877. The first-order chi connectivity index (χ1) is 12.0. The molecule has 0 bridgehead atoms. The molecular weight excluding hydrogens is 341 g/mol. The third-order valence-corrected chi connectivity index (χ3v) is 4.38. The molecule has 0 radical (unpaired) electrons. The van der Waals surface area contributed by atoms with Crippen molar-refractivity contribution < 1.29 is 9.18 Å². The van der Waals surface area contributed by atoms with E-state index in [2.05, 4.69) is 15.5 Å². The van der Waals surface area contributed by atoms with Gasteiger partial charge >= 0.3 is 0 Å². The fourth-order valence-corrected chi connectivity index (χ4v) is 2.79. The van der Waals surface area contributed by atoms with Crippen LogP contribution in [0.4, 0.5) is 10.1 Å². The van der Waals surface area contributed by atoms with Crippen LogP contribution in [0.25, 0.3) is 11.4 Å². The topological polar surface area (TPSA) is 85.8 Å². The summed E-state index contributed by atoms with van der Waals surface area (Å²) in [4.78, 5) is 12.0. The summed E-state index contributed by atoms with van der Waals surface area (Å²) in [5, 5.41) is 11.2. The zero-order valence-electron chi connectivity index (χ0n) is 13.4. The predicted octanol–water partition coefficient (Wildman–Crippen LogP) is 2.84. The summed E-state index contributed by atoms with van der Waals surface area (Å²) in [7, 11) is 0. The van der Waals surface area contributed by atoms with Gasteiger partial charge in [0.1, 0.15) is 5.82 Å². The van der Waals surface area contributed by atoms with E-state index in [4.69, 9.17) is 5.84 Å². The third kappa shape index (κ3) is 4.16. The van der Waals surface area contributed by atoms with Crippen LogP contribution in [0.1, 0.15) is 5.56 Å². The van der Waals surface area contributed by atoms with Crippen LogP contribution in [0.15, 0.2) is 53.7 Å². The van der Waals surface area contributed by atoms with Crippen molar-refractivity contribution in [1.29, 1.82) is 0 Å². The van der Waals surface area contributed by atoms with Crippen molar-refractivity contribution in [2.75, 3.05) is 16.9 Å². The van der Waals surface area contributed by atoms with E-state index in [0.29, 0.717) is 16.5 Å². The molecule has 3 N–H and O–H groups in total. The van der Waals surface area contributed by atoms with E-state index in [1.807, 2.05) is 31.2 Å². The molecule has 2 aromatic carbocycles. The van der Waals surface area contributed by atoms with Gasteiger partial charge in [-0.15, -0.1) is 10.2 Å². The molecule has 1 heterocycles. The quantitative estimate of drug-likeness (QED) is 0.542. The van der Waals surface area contributed by atoms with Gasteiger partial charge in [-0.05, 0) is 43.3 Å². The van der Waals surface area contributed by atoms with Crippen LogP contribution in [0.2, 0.25) is 0 Å². The molecule has 0 unspecified atom stereocenters. The molecule has 3 rings (SSSR count). The molecule has 0 spiro atoms. The molecular formula is C17H16FN5OS. The van der Waals surface area contributed by atoms with Crippen LogP contribution in [0.5, 0.6) is 0 Å². The Balaban J connectivity index is 1.62. The smallest absolute Gasteiger partial charge is 0.234 e. The van der Waals surface area contributed by atoms with E-state index >= 15 is 0 Å². The summed E-state index contributed by atoms with van der Waals surface area (Å²) in [6, 6.07) is 13.3. The van der Waals surface area contributed by atoms with E-state index in [1.54, 1.807) is 12.1 Å². The van der Waals surface area contributed by atoms with Gasteiger partial charge in [-0.25, -0.2) is 9.07 Å². The van der Waals surface area contributed by atoms with Crippen molar-refractivity contribution >= 4 is 23.4 Å². The highest BCUT2D eigenvalue weighted by Crippen LogP contribution is 2.22. The number of rotatable bonds is 5. The highest BCUT2D eigenvalue weighted by atomic mass is 32.2. The molecule has 0 aliphatic carbocycles. The average Bonchev–Trinajstić information content (AvgIpc) is 2.97. The van der Waals surface area contributed by atoms with E-state index < -0.39 is 0 Å². The number of thioether (sulfide) groups is 1. The second-order valence-electron chi connectivity index (χ2n) is 5.39. The predicted molar refractivity (Wildman–Crippen MR) is 96.1 cm³/mol. The minimum absolute atomic E-state index is 0.145. The van der Waals surface area contributed by atoms with Gasteiger partial charge in [0.2, 0.25) is 11.1 Å². The van der Waals surface area contributed by atoms with Crippen LogP contribution in [-0.2, 0) is 4.79 Å². The van der Waals surface area contributed by atoms with Gasteiger partial charge in [-0.2, -0.15) is 0 Å². The number of carbonyl (C=O) groups excluding carboxylic acids is 1. The molecule has 0 fully saturated rings. The number of hydrogen-bond donors (Lipinski definition) is 2. The number of nitrogens with zero attached hydrogens (tertiary/aromatic N) is 3. The number of halogens is 1. The largest absolute Gasteiger partial charge is 0.335 e. The fourth-order valence-electron chi connectivity index (χ4n) is 2.14. The van der Waals surface area contributed by atoms with Crippen molar-refractivity contribution in [1.82, 2.24) is 14.9 Å². The molecule has 0 saturated carbocycles. The second kappa shape index (κ2) is 7.35. The number of nitrogen functional groups attached to an aromatic ring is 1. The number of nitrogens with one attached hydrogen (secondary N) is 1. The number of benzene rings is 2. The maximum Gasteiger partial charge on any atom is 0.234 e. The van der Waals surface area contributed by atoms with Crippen LogP contribution in [-0.4, -0.2) is 26.5 Å². The number of carbonyl (C=O) groups is 1. The third-order valence-electron chi connectivity index (χ3n) is 3.43. The molecule has 1 amide bonds. The van der Waals surface area contributed by atoms with E-state index in [0.717, 1.165) is 11.3 Å². The van der Waals surface area contributed by atoms with Crippen molar-refractivity contribution in [2.24, 2.45) is 0 Å². The maximum atomic E-state index is 13.0. The molecule has 1 aromatic heterocycles. The molecule has 0 atom stereocenters. The monoisotopic (exact) mass is 357 g/mol. The Morgan fingerprint density at radius 3 is 2.52 bits per heavy atom. The molecule has 0 aliphatic heterocycles. The lowest BCUT2D eigenvalue weighted by Gasteiger charge is -2.06. The van der Waals surface area contributed by atoms with Crippen LogP contribution < -0.4 is 11.2 Å². The number of nitrogens with two attached hydrogens (primary N) is 1. The van der Waals surface area contributed by atoms with Gasteiger partial charge in [-0.1, -0.05) is 29.5 Å². The summed E-state index contributed by atoms with van der Waals surface area (Å²) in [6.45, 7) is 1.98. The maximum absolute atomic E-state index is 13.0. The van der Waals surface area contributed by atoms with E-state index in [-0.39, 0.29) is 17.5 Å². The summed E-state index contributed by atoms with van der Waals surface area (Å²) < 4.78 is 14.3. The Labute approximate surface area is 148 Å². The van der Waals surface area contributed by atoms with E-state index in [9.17, 15) is 9.18 Å². The Morgan fingerprint density at radius 1 is 1.16 bits per heavy atom. The number of amides is 1. The standard InChI is InChI=1S/C17H16FN5OS/c1-11-2-8-14(9-3-11)20-15(24)10-25-17-22-21-16(23(17)19)12-4-6-13(18)7-5-12/h2-9H,10,19H2,1H3,(H,20,24). The van der Waals surface area contributed by atoms with Crippen molar-refractivity contribution in [3.63, 3.8) is 0 Å². The average molecular weight is 357 g/mol. The Hall–Kier alpha value is -2.87. The van der Waals surface area contributed by atoms with Crippen molar-refractivity contribution in [3.05, 3.63) is 59.9 Å². The molecule has 25 heavy (non-hydrogen) atoms. The van der Waals surface area contributed by atoms with Gasteiger partial charge in [0, 0.05) is 11.3 Å². The van der Waals surface area contributed by atoms with Gasteiger partial charge in [0.05, 0.1) is 5.75 Å². The summed E-state index contributed by atoms with van der Waals surface area (Å²) in [5.74, 6) is 6.02. The zero-order valence-corrected chi connectivity index (χ0v) is 14.3. The SMILES string of the molecule is Cc1ccc(NC(=O)CSc2nnc(-c3ccc(F)cc3)n2N)cc1. The van der Waals surface area contributed by atoms with Crippen LogP contribution in [0.3, 0.4) is 0 Å². The summed E-state index contributed by atoms with van der Waals surface area (Å²) >= 11 is 1.17. The minimum atomic E-state index is -0.339. The number of aromatic nitrogens is 3. The summed E-state index contributed by atoms with van der Waals surface area (Å²) in [5.41, 5.74) is 2.50. The highest BCUT2D eigenvalue weighted by molar-refractivity contribution is 7.99. The highest BCUT2D eigenvalue weighted by Gasteiger charge is 2.14. The summed E-state index contributed by atoms with van der Waals surface area (Å²) in [6.07, 6.45) is 0. The number of hydrogen-bond acceptors (Lipinski definition) is 5. The first-order valence-corrected chi connectivity index (χ1v) is 8.47. The molecule has 0 saturated heterocycles.